The topological polar surface area (TPSA) is 32.8 Å². The van der Waals surface area contributed by atoms with Gasteiger partial charge >= 0.3 is 0 Å². The van der Waals surface area contributed by atoms with Gasteiger partial charge in [-0.2, -0.15) is 0 Å². The maximum atomic E-state index is 6.34. The van der Waals surface area contributed by atoms with Gasteiger partial charge < -0.3 is 18.6 Å². The van der Waals surface area contributed by atoms with Crippen molar-refractivity contribution >= 4 is 106 Å². The number of hydrogen-bond donors (Lipinski definition) is 0. The number of fused-ring (bicyclic) bond motifs is 6. The molecule has 2 aromatic heterocycles. The Balaban J connectivity index is 0.000000243. The van der Waals surface area contributed by atoms with E-state index in [9.17, 15) is 0 Å². The molecule has 14 aromatic rings. The summed E-state index contributed by atoms with van der Waals surface area (Å²) in [5.41, 5.74) is 19.1. The number of furan rings is 2. The van der Waals surface area contributed by atoms with Crippen LogP contribution in [0, 0.1) is 0 Å². The lowest BCUT2D eigenvalue weighted by molar-refractivity contribution is 0.668. The minimum atomic E-state index is 0.775. The molecule has 0 radical (unpaired) electrons. The van der Waals surface area contributed by atoms with Crippen LogP contribution in [0.2, 0.25) is 5.02 Å². The first-order chi connectivity index (χ1) is 38.5. The summed E-state index contributed by atoms with van der Waals surface area (Å²) in [6.45, 7) is 0. The monoisotopic (exact) mass is 1090 g/mol. The molecule has 4 nitrogen and oxygen atoms in total. The van der Waals surface area contributed by atoms with Crippen LogP contribution in [-0.4, -0.2) is 0 Å². The van der Waals surface area contributed by atoms with Crippen LogP contribution in [0.3, 0.4) is 0 Å². The molecule has 0 aliphatic rings. The van der Waals surface area contributed by atoms with E-state index >= 15 is 0 Å². The molecule has 0 aliphatic heterocycles. The predicted molar refractivity (Wildman–Crippen MR) is 331 cm³/mol. The van der Waals surface area contributed by atoms with Crippen LogP contribution in [0.25, 0.3) is 88.4 Å². The van der Waals surface area contributed by atoms with Crippen LogP contribution in [-0.2, 0) is 0 Å². The molecule has 0 saturated heterocycles. The molecule has 0 N–H and O–H groups in total. The molecule has 0 spiro atoms. The van der Waals surface area contributed by atoms with Gasteiger partial charge in [0.05, 0.1) is 5.69 Å². The van der Waals surface area contributed by atoms with Gasteiger partial charge in [0, 0.05) is 70.6 Å². The zero-order chi connectivity index (χ0) is 52.4. The number of halogens is 2. The van der Waals surface area contributed by atoms with Crippen LogP contribution in [0.15, 0.2) is 304 Å². The third-order valence-corrected chi connectivity index (χ3v) is 15.1. The summed E-state index contributed by atoms with van der Waals surface area (Å²) >= 11 is 9.80. The van der Waals surface area contributed by atoms with Crippen molar-refractivity contribution in [3.63, 3.8) is 0 Å². The molecule has 12 aromatic carbocycles. The molecule has 0 saturated carbocycles. The summed E-state index contributed by atoms with van der Waals surface area (Å²) in [7, 11) is 0. The van der Waals surface area contributed by atoms with Crippen LogP contribution in [0.4, 0.5) is 34.1 Å². The van der Waals surface area contributed by atoms with Gasteiger partial charge in [-0.25, -0.2) is 0 Å². The van der Waals surface area contributed by atoms with E-state index in [4.69, 9.17) is 20.4 Å². The highest BCUT2D eigenvalue weighted by Crippen LogP contribution is 2.45. The minimum absolute atomic E-state index is 0.775. The summed E-state index contributed by atoms with van der Waals surface area (Å²) < 4.78 is 13.5. The number of hydrogen-bond acceptors (Lipinski definition) is 4. The van der Waals surface area contributed by atoms with Gasteiger partial charge in [0.25, 0.3) is 0 Å². The number of anilines is 6. The van der Waals surface area contributed by atoms with Crippen molar-refractivity contribution in [2.45, 2.75) is 0 Å². The third-order valence-electron chi connectivity index (χ3n) is 14.3. The summed E-state index contributed by atoms with van der Waals surface area (Å²) in [6.07, 6.45) is 0. The van der Waals surface area contributed by atoms with Crippen molar-refractivity contribution in [2.24, 2.45) is 0 Å². The molecule has 0 unspecified atom stereocenters. The smallest absolute Gasteiger partial charge is 0.135 e. The van der Waals surface area contributed by atoms with Gasteiger partial charge in [-0.3, -0.25) is 0 Å². The highest BCUT2D eigenvalue weighted by molar-refractivity contribution is 9.10. The van der Waals surface area contributed by atoms with Crippen molar-refractivity contribution in [3.05, 3.63) is 301 Å². The molecule has 372 valence electrons. The first-order valence-corrected chi connectivity index (χ1v) is 27.1. The molecule has 0 bridgehead atoms. The molecule has 0 fully saturated rings. The Morgan fingerprint density at radius 1 is 0.269 bits per heavy atom. The van der Waals surface area contributed by atoms with Crippen molar-refractivity contribution < 1.29 is 8.83 Å². The second kappa shape index (κ2) is 21.3. The third kappa shape index (κ3) is 9.62. The lowest BCUT2D eigenvalue weighted by atomic mass is 9.96. The van der Waals surface area contributed by atoms with Gasteiger partial charge in [0.1, 0.15) is 22.3 Å². The molecule has 0 atom stereocenters. The highest BCUT2D eigenvalue weighted by Gasteiger charge is 2.21. The molecule has 14 rings (SSSR count). The molecular formula is C72H48BrClN2O2. The first-order valence-electron chi connectivity index (χ1n) is 25.9. The van der Waals surface area contributed by atoms with E-state index in [1.54, 1.807) is 0 Å². The quantitative estimate of drug-likeness (QED) is 0.137. The maximum Gasteiger partial charge on any atom is 0.135 e. The number of para-hydroxylation sites is 4. The fraction of sp³-hybridized carbons (Fsp3) is 0. The number of rotatable bonds is 10. The number of benzene rings is 12. The van der Waals surface area contributed by atoms with E-state index in [-0.39, 0.29) is 0 Å². The zero-order valence-electron chi connectivity index (χ0n) is 42.2. The Labute approximate surface area is 466 Å². The average molecular weight is 1090 g/mol. The Morgan fingerprint density at radius 2 is 0.654 bits per heavy atom. The van der Waals surface area contributed by atoms with Gasteiger partial charge in [-0.1, -0.05) is 197 Å². The van der Waals surface area contributed by atoms with E-state index < -0.39 is 0 Å². The van der Waals surface area contributed by atoms with Crippen molar-refractivity contribution in [3.8, 4) is 44.5 Å². The summed E-state index contributed by atoms with van der Waals surface area (Å²) in [6, 6.07) is 102. The Bertz CT molecular complexity index is 4390. The van der Waals surface area contributed by atoms with Crippen LogP contribution >= 0.6 is 27.5 Å². The normalized spacial score (nSPS) is 11.2. The van der Waals surface area contributed by atoms with E-state index in [1.807, 2.05) is 60.7 Å². The Morgan fingerprint density at radius 3 is 1.21 bits per heavy atom. The van der Waals surface area contributed by atoms with Crippen molar-refractivity contribution in [1.29, 1.82) is 0 Å². The fourth-order valence-electron chi connectivity index (χ4n) is 10.5. The molecule has 78 heavy (non-hydrogen) atoms. The Kier molecular flexibility index (Phi) is 13.2. The predicted octanol–water partition coefficient (Wildman–Crippen LogP) is 22.2. The summed E-state index contributed by atoms with van der Waals surface area (Å²) in [5.74, 6) is 0. The Hall–Kier alpha value is -9.39. The van der Waals surface area contributed by atoms with E-state index in [0.717, 1.165) is 121 Å². The molecule has 0 aliphatic carbocycles. The minimum Gasteiger partial charge on any atom is -0.456 e. The van der Waals surface area contributed by atoms with Gasteiger partial charge in [0.15, 0.2) is 0 Å². The summed E-state index contributed by atoms with van der Waals surface area (Å²) in [5, 5.41) is 5.19. The summed E-state index contributed by atoms with van der Waals surface area (Å²) in [4.78, 5) is 4.66. The second-order valence-electron chi connectivity index (χ2n) is 19.1. The van der Waals surface area contributed by atoms with Crippen molar-refractivity contribution in [1.82, 2.24) is 0 Å². The standard InChI is InChI=1S/C54H36N2O2.C18H12BrCl/c1-4-14-38(15-5-1)47-34-39(26-31-50(47)56(41-18-8-3-9-19-41)44-30-33-54-49(36-44)46-21-11-13-23-52(46)58-54)37-24-27-42(28-25-37)55(40-16-6-2-7-17-40)43-29-32-53-48(35-43)45-20-10-12-22-51(45)57-53;19-16-9-6-13(7-10-16)15-8-11-18(20)17(12-15)14-4-2-1-3-5-14/h1-36H;1-12H. The number of nitrogens with zero attached hydrogens (tertiary/aromatic N) is 2. The lowest BCUT2D eigenvalue weighted by Gasteiger charge is -2.28. The SMILES string of the molecule is Clc1ccc(-c2ccc(Br)cc2)cc1-c1ccccc1.c1ccc(-c2cc(-c3ccc(N(c4ccccc4)c4ccc5oc6ccccc6c5c4)cc3)ccc2N(c2ccccc2)c2ccc3oc4ccccc4c3c2)cc1. The van der Waals surface area contributed by atoms with Crippen LogP contribution in [0.5, 0.6) is 0 Å². The maximum absolute atomic E-state index is 6.34. The molecule has 2 heterocycles. The average Bonchev–Trinajstić information content (AvgIpc) is 4.16. The highest BCUT2D eigenvalue weighted by atomic mass is 79.9. The zero-order valence-corrected chi connectivity index (χ0v) is 44.5. The van der Waals surface area contributed by atoms with Crippen LogP contribution in [0.1, 0.15) is 0 Å². The van der Waals surface area contributed by atoms with Gasteiger partial charge in [-0.05, 0) is 155 Å². The largest absolute Gasteiger partial charge is 0.456 e. The molecule has 0 amide bonds. The van der Waals surface area contributed by atoms with Gasteiger partial charge in [0.2, 0.25) is 0 Å². The molecule has 6 heteroatoms. The molecular weight excluding hydrogens is 1040 g/mol. The lowest BCUT2D eigenvalue weighted by Crippen LogP contribution is -2.11. The fourth-order valence-corrected chi connectivity index (χ4v) is 11.0. The van der Waals surface area contributed by atoms with E-state index in [1.165, 1.54) is 11.1 Å². The first kappa shape index (κ1) is 48.3. The van der Waals surface area contributed by atoms with Crippen LogP contribution < -0.4 is 9.80 Å². The van der Waals surface area contributed by atoms with Gasteiger partial charge in [-0.15, -0.1) is 0 Å². The van der Waals surface area contributed by atoms with Crippen molar-refractivity contribution in [2.75, 3.05) is 9.80 Å². The van der Waals surface area contributed by atoms with E-state index in [0.29, 0.717) is 0 Å². The second-order valence-corrected chi connectivity index (χ2v) is 20.4. The van der Waals surface area contributed by atoms with E-state index in [2.05, 4.69) is 256 Å².